The number of nitrogens with one attached hydrogen (secondary N) is 2. The van der Waals surface area contributed by atoms with Gasteiger partial charge in [-0.2, -0.15) is 18.4 Å². The van der Waals surface area contributed by atoms with E-state index in [2.05, 4.69) is 15.4 Å². The van der Waals surface area contributed by atoms with Gasteiger partial charge < -0.3 is 15.4 Å². The van der Waals surface area contributed by atoms with Gasteiger partial charge in [0.25, 0.3) is 0 Å². The summed E-state index contributed by atoms with van der Waals surface area (Å²) in [5.41, 5.74) is 0.839. The van der Waals surface area contributed by atoms with Gasteiger partial charge in [0.05, 0.1) is 12.1 Å². The van der Waals surface area contributed by atoms with Crippen LogP contribution in [0.25, 0.3) is 6.08 Å². The molecule has 0 saturated carbocycles. The van der Waals surface area contributed by atoms with Gasteiger partial charge in [0.2, 0.25) is 11.8 Å². The zero-order valence-electron chi connectivity index (χ0n) is 15.0. The van der Waals surface area contributed by atoms with Crippen molar-refractivity contribution in [2.75, 3.05) is 18.5 Å². The lowest BCUT2D eigenvalue weighted by Crippen LogP contribution is -2.31. The van der Waals surface area contributed by atoms with Gasteiger partial charge in [0.15, 0.2) is 6.61 Å². The van der Waals surface area contributed by atoms with E-state index in [-0.39, 0.29) is 23.5 Å². The molecule has 0 spiro atoms. The summed E-state index contributed by atoms with van der Waals surface area (Å²) >= 11 is 0. The Hall–Kier alpha value is -3.80. The predicted octanol–water partition coefficient (Wildman–Crippen LogP) is 3.27. The second-order valence-corrected chi connectivity index (χ2v) is 5.74. The molecule has 0 heterocycles. The van der Waals surface area contributed by atoms with Crippen molar-refractivity contribution in [3.63, 3.8) is 0 Å². The van der Waals surface area contributed by atoms with E-state index in [1.807, 2.05) is 30.3 Å². The van der Waals surface area contributed by atoms with Crippen molar-refractivity contribution in [3.05, 3.63) is 65.7 Å². The van der Waals surface area contributed by atoms with Crippen molar-refractivity contribution in [2.45, 2.75) is 6.18 Å². The summed E-state index contributed by atoms with van der Waals surface area (Å²) in [5, 5.41) is 13.9. The average Bonchev–Trinajstić information content (AvgIpc) is 2.69. The maximum Gasteiger partial charge on any atom is 0.422 e. The lowest BCUT2D eigenvalue weighted by molar-refractivity contribution is -0.153. The third-order valence-electron chi connectivity index (χ3n) is 3.43. The second kappa shape index (κ2) is 9.94. The fourth-order valence-corrected chi connectivity index (χ4v) is 2.15. The number of benzene rings is 2. The normalized spacial score (nSPS) is 11.0. The van der Waals surface area contributed by atoms with E-state index in [0.29, 0.717) is 0 Å². The Morgan fingerprint density at radius 1 is 1.14 bits per heavy atom. The Labute approximate surface area is 164 Å². The number of halogens is 3. The summed E-state index contributed by atoms with van der Waals surface area (Å²) in [5.74, 6) is -1.29. The highest BCUT2D eigenvalue weighted by Gasteiger charge is 2.28. The lowest BCUT2D eigenvalue weighted by atomic mass is 10.2. The molecule has 0 unspecified atom stereocenters. The van der Waals surface area contributed by atoms with Crippen LogP contribution < -0.4 is 15.4 Å². The summed E-state index contributed by atoms with van der Waals surface area (Å²) in [6.07, 6.45) is -1.66. The standard InChI is InChI=1S/C20H16F3N3O3/c21-20(22,23)13-29-17-8-7-16(10-15(17)11-24)26-19(28)12-25-18(27)9-6-14-4-2-1-3-5-14/h1-10H,12-13H2,(H,25,27)(H,26,28)/b9-6+. The number of ether oxygens (including phenoxy) is 1. The Kier molecular flexibility index (Phi) is 7.37. The fraction of sp³-hybridized carbons (Fsp3) is 0.150. The minimum absolute atomic E-state index is 0.165. The Balaban J connectivity index is 1.87. The molecule has 0 radical (unpaired) electrons. The van der Waals surface area contributed by atoms with E-state index >= 15 is 0 Å². The molecule has 0 aliphatic heterocycles. The van der Waals surface area contributed by atoms with Crippen molar-refractivity contribution in [1.29, 1.82) is 5.26 Å². The van der Waals surface area contributed by atoms with Crippen LogP contribution in [0, 0.1) is 11.3 Å². The molecular weight excluding hydrogens is 387 g/mol. The quantitative estimate of drug-likeness (QED) is 0.695. The third kappa shape index (κ3) is 7.76. The summed E-state index contributed by atoms with van der Waals surface area (Å²) < 4.78 is 41.2. The number of rotatable bonds is 7. The van der Waals surface area contributed by atoms with E-state index in [4.69, 9.17) is 5.26 Å². The molecule has 2 amide bonds. The van der Waals surface area contributed by atoms with Crippen LogP contribution >= 0.6 is 0 Å². The molecular formula is C20H16F3N3O3. The third-order valence-corrected chi connectivity index (χ3v) is 3.43. The number of hydrogen-bond donors (Lipinski definition) is 2. The van der Waals surface area contributed by atoms with Gasteiger partial charge in [-0.3, -0.25) is 9.59 Å². The number of nitrogens with zero attached hydrogens (tertiary/aromatic N) is 1. The van der Waals surface area contributed by atoms with Crippen LogP contribution in [-0.2, 0) is 9.59 Å². The van der Waals surface area contributed by atoms with Crippen molar-refractivity contribution in [2.24, 2.45) is 0 Å². The maximum absolute atomic E-state index is 12.2. The monoisotopic (exact) mass is 403 g/mol. The van der Waals surface area contributed by atoms with Crippen LogP contribution in [0.1, 0.15) is 11.1 Å². The van der Waals surface area contributed by atoms with Crippen LogP contribution in [-0.4, -0.2) is 31.1 Å². The van der Waals surface area contributed by atoms with Crippen LogP contribution in [0.5, 0.6) is 5.75 Å². The number of alkyl halides is 3. The predicted molar refractivity (Wildman–Crippen MR) is 99.8 cm³/mol. The highest BCUT2D eigenvalue weighted by Crippen LogP contribution is 2.24. The Morgan fingerprint density at radius 3 is 2.52 bits per heavy atom. The van der Waals surface area contributed by atoms with Crippen molar-refractivity contribution < 1.29 is 27.5 Å². The first-order valence-electron chi connectivity index (χ1n) is 8.31. The molecule has 29 heavy (non-hydrogen) atoms. The number of anilines is 1. The smallest absolute Gasteiger partial charge is 0.422 e. The number of hydrogen-bond acceptors (Lipinski definition) is 4. The minimum atomic E-state index is -4.53. The second-order valence-electron chi connectivity index (χ2n) is 5.74. The van der Waals surface area contributed by atoms with E-state index in [1.54, 1.807) is 12.1 Å². The molecule has 0 aliphatic rings. The van der Waals surface area contributed by atoms with Crippen molar-refractivity contribution in [1.82, 2.24) is 5.32 Å². The molecule has 2 aromatic rings. The molecule has 0 aliphatic carbocycles. The highest BCUT2D eigenvalue weighted by molar-refractivity contribution is 5.98. The minimum Gasteiger partial charge on any atom is -0.483 e. The summed E-state index contributed by atoms with van der Waals surface area (Å²) in [6.45, 7) is -1.86. The molecule has 0 aromatic heterocycles. The zero-order chi connectivity index (χ0) is 21.3. The molecule has 0 bridgehead atoms. The van der Waals surface area contributed by atoms with E-state index < -0.39 is 24.6 Å². The SMILES string of the molecule is N#Cc1cc(NC(=O)CNC(=O)/C=C/c2ccccc2)ccc1OCC(F)(F)F. The largest absolute Gasteiger partial charge is 0.483 e. The van der Waals surface area contributed by atoms with Gasteiger partial charge in [-0.05, 0) is 29.8 Å². The zero-order valence-corrected chi connectivity index (χ0v) is 15.0. The molecule has 0 fully saturated rings. The van der Waals surface area contributed by atoms with Crippen LogP contribution in [0.15, 0.2) is 54.6 Å². The van der Waals surface area contributed by atoms with E-state index in [9.17, 15) is 22.8 Å². The number of nitriles is 1. The average molecular weight is 403 g/mol. The highest BCUT2D eigenvalue weighted by atomic mass is 19.4. The first-order valence-corrected chi connectivity index (χ1v) is 8.31. The van der Waals surface area contributed by atoms with Crippen molar-refractivity contribution in [3.8, 4) is 11.8 Å². The van der Waals surface area contributed by atoms with Gasteiger partial charge in [-0.15, -0.1) is 0 Å². The number of carbonyl (C=O) groups excluding carboxylic acids is 2. The summed E-state index contributed by atoms with van der Waals surface area (Å²) in [6, 6.07) is 14.4. The summed E-state index contributed by atoms with van der Waals surface area (Å²) in [7, 11) is 0. The fourth-order valence-electron chi connectivity index (χ4n) is 2.15. The molecule has 0 atom stereocenters. The van der Waals surface area contributed by atoms with Crippen molar-refractivity contribution >= 4 is 23.6 Å². The van der Waals surface area contributed by atoms with Gasteiger partial charge in [0.1, 0.15) is 11.8 Å². The first-order chi connectivity index (χ1) is 13.8. The number of amides is 2. The molecule has 6 nitrogen and oxygen atoms in total. The molecule has 9 heteroatoms. The Morgan fingerprint density at radius 2 is 1.86 bits per heavy atom. The van der Waals surface area contributed by atoms with E-state index in [0.717, 1.165) is 11.6 Å². The van der Waals surface area contributed by atoms with Crippen LogP contribution in [0.4, 0.5) is 18.9 Å². The Bertz CT molecular complexity index is 935. The molecule has 150 valence electrons. The van der Waals surface area contributed by atoms with Crippen LogP contribution in [0.3, 0.4) is 0 Å². The lowest BCUT2D eigenvalue weighted by Gasteiger charge is -2.12. The number of carbonyl (C=O) groups is 2. The van der Waals surface area contributed by atoms with Gasteiger partial charge in [-0.25, -0.2) is 0 Å². The summed E-state index contributed by atoms with van der Waals surface area (Å²) in [4.78, 5) is 23.7. The topological polar surface area (TPSA) is 91.2 Å². The molecule has 2 aromatic carbocycles. The molecule has 2 N–H and O–H groups in total. The van der Waals surface area contributed by atoms with Gasteiger partial charge in [0, 0.05) is 11.8 Å². The van der Waals surface area contributed by atoms with Gasteiger partial charge in [-0.1, -0.05) is 30.3 Å². The first kappa shape index (κ1) is 21.5. The molecule has 2 rings (SSSR count). The maximum atomic E-state index is 12.2. The van der Waals surface area contributed by atoms with E-state index in [1.165, 1.54) is 18.2 Å². The molecule has 0 saturated heterocycles. The van der Waals surface area contributed by atoms with Crippen LogP contribution in [0.2, 0.25) is 0 Å². The van der Waals surface area contributed by atoms with Gasteiger partial charge >= 0.3 is 6.18 Å².